The molecule has 1 amide bonds. The first-order chi connectivity index (χ1) is 18.6. The second kappa shape index (κ2) is 10.6. The fourth-order valence-corrected chi connectivity index (χ4v) is 6.36. The van der Waals surface area contributed by atoms with Crippen molar-refractivity contribution in [3.05, 3.63) is 71.3 Å². The molecule has 1 saturated heterocycles. The van der Waals surface area contributed by atoms with Crippen molar-refractivity contribution >= 4 is 34.6 Å². The van der Waals surface area contributed by atoms with Gasteiger partial charge in [0.25, 0.3) is 0 Å². The Morgan fingerprint density at radius 1 is 1.13 bits per heavy atom. The van der Waals surface area contributed by atoms with Gasteiger partial charge in [-0.05, 0) is 74.8 Å². The molecule has 1 saturated carbocycles. The van der Waals surface area contributed by atoms with Crippen LogP contribution in [0, 0.1) is 19.3 Å². The van der Waals surface area contributed by atoms with E-state index < -0.39 is 5.41 Å². The number of thiocarbonyl (C=S) groups is 1. The summed E-state index contributed by atoms with van der Waals surface area (Å²) in [6.45, 7) is 10.1. The number of benzene rings is 1. The number of hydrogen-bond acceptors (Lipinski definition) is 4. The van der Waals surface area contributed by atoms with Crippen molar-refractivity contribution in [2.24, 2.45) is 5.41 Å². The van der Waals surface area contributed by atoms with E-state index in [2.05, 4.69) is 46.1 Å². The molecular weight excluding hydrogens is 506 g/mol. The molecule has 7 nitrogen and oxygen atoms in total. The number of methoxy groups -OCH3 is 1. The third kappa shape index (κ3) is 5.14. The molecule has 2 aliphatic rings. The Labute approximate surface area is 237 Å². The highest BCUT2D eigenvalue weighted by Gasteiger charge is 2.43. The van der Waals surface area contributed by atoms with Gasteiger partial charge in [-0.2, -0.15) is 0 Å². The SMILES string of the molecule is COc1cc(N2C(=S)N[C@@H](c3ccccn3)[C@H]2c2cc(C)n(C3CCCC3)c2C)ccc1NC(=O)C(C)(C)C. The summed E-state index contributed by atoms with van der Waals surface area (Å²) in [5.74, 6) is 0.517. The van der Waals surface area contributed by atoms with Gasteiger partial charge in [0.2, 0.25) is 5.91 Å². The minimum Gasteiger partial charge on any atom is -0.494 e. The fraction of sp³-hybridized carbons (Fsp3) is 0.452. The minimum absolute atomic E-state index is 0.0700. The maximum atomic E-state index is 12.7. The molecule has 2 atom stereocenters. The highest BCUT2D eigenvalue weighted by molar-refractivity contribution is 7.80. The summed E-state index contributed by atoms with van der Waals surface area (Å²) in [7, 11) is 1.62. The summed E-state index contributed by atoms with van der Waals surface area (Å²) >= 11 is 5.97. The van der Waals surface area contributed by atoms with E-state index in [-0.39, 0.29) is 18.0 Å². The Bertz CT molecular complexity index is 1370. The molecule has 8 heteroatoms. The molecule has 39 heavy (non-hydrogen) atoms. The molecule has 3 aromatic rings. The lowest BCUT2D eigenvalue weighted by Gasteiger charge is -2.29. The average molecular weight is 546 g/mol. The van der Waals surface area contributed by atoms with Crippen molar-refractivity contribution < 1.29 is 9.53 Å². The lowest BCUT2D eigenvalue weighted by atomic mass is 9.95. The molecule has 206 valence electrons. The van der Waals surface area contributed by atoms with Crippen molar-refractivity contribution in [1.29, 1.82) is 0 Å². The summed E-state index contributed by atoms with van der Waals surface area (Å²) in [6, 6.07) is 14.5. The normalized spacial score (nSPS) is 19.8. The van der Waals surface area contributed by atoms with Crippen LogP contribution in [0.25, 0.3) is 0 Å². The molecule has 2 fully saturated rings. The molecule has 1 aliphatic heterocycles. The van der Waals surface area contributed by atoms with E-state index in [4.69, 9.17) is 21.9 Å². The standard InChI is InChI=1S/C31H39N5O2S/c1-19-17-23(20(2)35(19)21-11-7-8-12-21)28-27(25-13-9-10-16-32-25)34-30(39)36(28)22-14-15-24(26(18-22)38-6)33-29(37)31(3,4)5/h9-10,13-18,21,27-28H,7-8,11-12H2,1-6H3,(H,33,37)(H,34,39)/t27-,28+/m0/s1. The van der Waals surface area contributed by atoms with Crippen LogP contribution >= 0.6 is 12.2 Å². The lowest BCUT2D eigenvalue weighted by molar-refractivity contribution is -0.123. The molecule has 2 N–H and O–H groups in total. The third-order valence-corrected chi connectivity index (χ3v) is 8.34. The first kappa shape index (κ1) is 27.2. The summed E-state index contributed by atoms with van der Waals surface area (Å²) < 4.78 is 8.27. The van der Waals surface area contributed by atoms with E-state index in [0.717, 1.165) is 11.4 Å². The number of rotatable bonds is 6. The van der Waals surface area contributed by atoms with Crippen molar-refractivity contribution in [2.75, 3.05) is 17.3 Å². The second-order valence-electron chi connectivity index (χ2n) is 11.7. The summed E-state index contributed by atoms with van der Waals surface area (Å²) in [4.78, 5) is 19.6. The van der Waals surface area contributed by atoms with Crippen LogP contribution in [-0.2, 0) is 4.79 Å². The molecule has 2 aromatic heterocycles. The quantitative estimate of drug-likeness (QED) is 0.333. The number of aromatic nitrogens is 2. The zero-order valence-corrected chi connectivity index (χ0v) is 24.6. The molecule has 0 spiro atoms. The lowest BCUT2D eigenvalue weighted by Crippen LogP contribution is -2.30. The first-order valence-electron chi connectivity index (χ1n) is 13.8. The number of carbonyl (C=O) groups is 1. The molecule has 0 bridgehead atoms. The van der Waals surface area contributed by atoms with Crippen molar-refractivity contribution in [3.8, 4) is 5.75 Å². The number of nitrogens with zero attached hydrogens (tertiary/aromatic N) is 3. The van der Waals surface area contributed by atoms with Gasteiger partial charge in [-0.15, -0.1) is 0 Å². The van der Waals surface area contributed by atoms with Gasteiger partial charge in [0, 0.05) is 40.8 Å². The predicted molar refractivity (Wildman–Crippen MR) is 160 cm³/mol. The zero-order chi connectivity index (χ0) is 27.9. The van der Waals surface area contributed by atoms with Gasteiger partial charge in [-0.1, -0.05) is 39.7 Å². The maximum absolute atomic E-state index is 12.7. The van der Waals surface area contributed by atoms with Gasteiger partial charge in [0.1, 0.15) is 5.75 Å². The van der Waals surface area contributed by atoms with Crippen LogP contribution in [0.2, 0.25) is 0 Å². The van der Waals surface area contributed by atoms with E-state index in [1.807, 2.05) is 57.3 Å². The van der Waals surface area contributed by atoms with Gasteiger partial charge >= 0.3 is 0 Å². The monoisotopic (exact) mass is 545 g/mol. The van der Waals surface area contributed by atoms with Gasteiger partial charge < -0.3 is 24.8 Å². The van der Waals surface area contributed by atoms with Crippen LogP contribution in [0.5, 0.6) is 5.75 Å². The summed E-state index contributed by atoms with van der Waals surface area (Å²) in [6.07, 6.45) is 6.85. The van der Waals surface area contributed by atoms with Crippen LogP contribution in [0.4, 0.5) is 11.4 Å². The Kier molecular flexibility index (Phi) is 7.42. The van der Waals surface area contributed by atoms with Gasteiger partial charge in [-0.3, -0.25) is 9.78 Å². The first-order valence-corrected chi connectivity index (χ1v) is 14.2. The van der Waals surface area contributed by atoms with Crippen LogP contribution in [0.3, 0.4) is 0 Å². The van der Waals surface area contributed by atoms with Crippen LogP contribution in [0.1, 0.15) is 87.2 Å². The zero-order valence-electron chi connectivity index (χ0n) is 23.7. The van der Waals surface area contributed by atoms with Gasteiger partial charge in [0.05, 0.1) is 30.6 Å². The van der Waals surface area contributed by atoms with Crippen LogP contribution < -0.4 is 20.3 Å². The van der Waals surface area contributed by atoms with Crippen molar-refractivity contribution in [2.45, 2.75) is 78.4 Å². The summed E-state index contributed by atoms with van der Waals surface area (Å²) in [5.41, 5.74) is 5.76. The molecule has 1 aromatic carbocycles. The van der Waals surface area contributed by atoms with E-state index >= 15 is 0 Å². The molecule has 0 unspecified atom stereocenters. The molecule has 5 rings (SSSR count). The van der Waals surface area contributed by atoms with E-state index in [9.17, 15) is 4.79 Å². The van der Waals surface area contributed by atoms with Crippen molar-refractivity contribution in [3.63, 3.8) is 0 Å². The largest absolute Gasteiger partial charge is 0.494 e. The second-order valence-corrected chi connectivity index (χ2v) is 12.1. The Morgan fingerprint density at radius 2 is 1.87 bits per heavy atom. The molecule has 0 radical (unpaired) electrons. The smallest absolute Gasteiger partial charge is 0.229 e. The minimum atomic E-state index is -0.521. The molecule has 1 aliphatic carbocycles. The Morgan fingerprint density at radius 3 is 2.51 bits per heavy atom. The molecule has 3 heterocycles. The fourth-order valence-electron chi connectivity index (χ4n) is 6.02. The third-order valence-electron chi connectivity index (χ3n) is 8.02. The van der Waals surface area contributed by atoms with Crippen LogP contribution in [0.15, 0.2) is 48.7 Å². The number of carbonyl (C=O) groups excluding carboxylic acids is 1. The highest BCUT2D eigenvalue weighted by Crippen LogP contribution is 2.46. The number of anilines is 2. The Balaban J connectivity index is 1.59. The predicted octanol–water partition coefficient (Wildman–Crippen LogP) is 6.79. The number of nitrogens with one attached hydrogen (secondary N) is 2. The van der Waals surface area contributed by atoms with E-state index in [0.29, 0.717) is 22.6 Å². The number of amides is 1. The van der Waals surface area contributed by atoms with Crippen molar-refractivity contribution in [1.82, 2.24) is 14.9 Å². The topological polar surface area (TPSA) is 71.4 Å². The van der Waals surface area contributed by atoms with Crippen LogP contribution in [-0.4, -0.2) is 27.7 Å². The van der Waals surface area contributed by atoms with E-state index in [1.165, 1.54) is 42.6 Å². The number of pyridine rings is 1. The van der Waals surface area contributed by atoms with Gasteiger partial charge in [-0.25, -0.2) is 0 Å². The maximum Gasteiger partial charge on any atom is 0.229 e. The van der Waals surface area contributed by atoms with Gasteiger partial charge in [0.15, 0.2) is 5.11 Å². The number of aryl methyl sites for hydroxylation is 1. The van der Waals surface area contributed by atoms with E-state index in [1.54, 1.807) is 7.11 Å². The summed E-state index contributed by atoms with van der Waals surface area (Å²) in [5, 5.41) is 7.22. The molecular formula is C31H39N5O2S. The number of hydrogen-bond donors (Lipinski definition) is 2. The highest BCUT2D eigenvalue weighted by atomic mass is 32.1. The average Bonchev–Trinajstić information content (AvgIpc) is 3.62. The Hall–Kier alpha value is -3.39. The number of ether oxygens (including phenoxy) is 1.